The van der Waals surface area contributed by atoms with Gasteiger partial charge in [-0.3, -0.25) is 14.9 Å². The molecular formula is C21H27N3O6. The van der Waals surface area contributed by atoms with Gasteiger partial charge in [0, 0.05) is 39.0 Å². The average Bonchev–Trinajstić information content (AvgIpc) is 2.76. The molecule has 0 saturated heterocycles. The lowest BCUT2D eigenvalue weighted by Gasteiger charge is -2.19. The topological polar surface area (TPSA) is 103 Å². The third-order valence-electron chi connectivity index (χ3n) is 4.42. The van der Waals surface area contributed by atoms with Crippen LogP contribution in [0.1, 0.15) is 16.8 Å². The van der Waals surface area contributed by atoms with Gasteiger partial charge in [-0.15, -0.1) is 0 Å². The van der Waals surface area contributed by atoms with Crippen LogP contribution >= 0.6 is 0 Å². The summed E-state index contributed by atoms with van der Waals surface area (Å²) in [7, 11) is 4.90. The zero-order chi connectivity index (χ0) is 21.9. The Kier molecular flexibility index (Phi) is 8.89. The lowest BCUT2D eigenvalue weighted by Crippen LogP contribution is -2.28. The number of nitro groups is 1. The molecular weight excluding hydrogens is 390 g/mol. The highest BCUT2D eigenvalue weighted by atomic mass is 16.6. The average molecular weight is 417 g/mol. The van der Waals surface area contributed by atoms with Crippen molar-refractivity contribution in [3.63, 3.8) is 0 Å². The molecule has 0 aliphatic rings. The molecule has 30 heavy (non-hydrogen) atoms. The molecule has 0 unspecified atom stereocenters. The Morgan fingerprint density at radius 3 is 2.50 bits per heavy atom. The molecule has 0 radical (unpaired) electrons. The summed E-state index contributed by atoms with van der Waals surface area (Å²) in [6.45, 7) is 1.62. The quantitative estimate of drug-likeness (QED) is 0.322. The van der Waals surface area contributed by atoms with E-state index in [0.717, 1.165) is 12.2 Å². The van der Waals surface area contributed by atoms with Gasteiger partial charge in [-0.1, -0.05) is 18.2 Å². The van der Waals surface area contributed by atoms with Crippen molar-refractivity contribution in [1.29, 1.82) is 0 Å². The summed E-state index contributed by atoms with van der Waals surface area (Å²) >= 11 is 0. The standard InChI is InChI=1S/C21H27N3O6/c1-23(16-8-5-4-6-9-16)11-7-10-22-21(25)17-14-19(29-3)20(30-13-12-28-2)15-18(17)24(26)27/h4-6,8-9,14-15H,7,10-13H2,1-3H3,(H,22,25). The second-order valence-corrected chi connectivity index (χ2v) is 6.49. The van der Waals surface area contributed by atoms with E-state index in [1.54, 1.807) is 0 Å². The first-order chi connectivity index (χ1) is 14.5. The minimum Gasteiger partial charge on any atom is -0.493 e. The molecule has 0 spiro atoms. The molecule has 0 aliphatic carbocycles. The first-order valence-electron chi connectivity index (χ1n) is 9.50. The molecule has 2 rings (SSSR count). The predicted octanol–water partition coefficient (Wildman–Crippen LogP) is 2.88. The highest BCUT2D eigenvalue weighted by Crippen LogP contribution is 2.34. The largest absolute Gasteiger partial charge is 0.493 e. The summed E-state index contributed by atoms with van der Waals surface area (Å²) in [6, 6.07) is 12.4. The van der Waals surface area contributed by atoms with Crippen LogP contribution in [0.5, 0.6) is 11.5 Å². The van der Waals surface area contributed by atoms with Crippen molar-refractivity contribution >= 4 is 17.3 Å². The fourth-order valence-electron chi connectivity index (χ4n) is 2.81. The zero-order valence-electron chi connectivity index (χ0n) is 17.4. The third-order valence-corrected chi connectivity index (χ3v) is 4.42. The van der Waals surface area contributed by atoms with Gasteiger partial charge < -0.3 is 24.4 Å². The number of nitro benzene ring substituents is 1. The second kappa shape index (κ2) is 11.6. The van der Waals surface area contributed by atoms with Gasteiger partial charge in [-0.2, -0.15) is 0 Å². The molecule has 9 heteroatoms. The molecule has 2 aromatic carbocycles. The molecule has 0 bridgehead atoms. The number of anilines is 1. The Morgan fingerprint density at radius 1 is 1.13 bits per heavy atom. The fourth-order valence-corrected chi connectivity index (χ4v) is 2.81. The fraction of sp³-hybridized carbons (Fsp3) is 0.381. The van der Waals surface area contributed by atoms with Gasteiger partial charge in [0.1, 0.15) is 12.2 Å². The van der Waals surface area contributed by atoms with Crippen molar-refractivity contribution in [2.45, 2.75) is 6.42 Å². The van der Waals surface area contributed by atoms with Gasteiger partial charge in [0.25, 0.3) is 11.6 Å². The van der Waals surface area contributed by atoms with Crippen molar-refractivity contribution in [2.24, 2.45) is 0 Å². The Hall–Kier alpha value is -3.33. The Morgan fingerprint density at radius 2 is 1.87 bits per heavy atom. The van der Waals surface area contributed by atoms with Crippen LogP contribution < -0.4 is 19.7 Å². The molecule has 0 aliphatic heterocycles. The van der Waals surface area contributed by atoms with E-state index >= 15 is 0 Å². The SMILES string of the molecule is COCCOc1cc([N+](=O)[O-])c(C(=O)NCCCN(C)c2ccccc2)cc1OC. The van der Waals surface area contributed by atoms with E-state index in [-0.39, 0.29) is 29.4 Å². The lowest BCUT2D eigenvalue weighted by atomic mass is 10.1. The van der Waals surface area contributed by atoms with E-state index in [9.17, 15) is 14.9 Å². The van der Waals surface area contributed by atoms with Crippen molar-refractivity contribution in [3.05, 3.63) is 58.1 Å². The van der Waals surface area contributed by atoms with E-state index in [0.29, 0.717) is 19.6 Å². The number of nitrogens with zero attached hydrogens (tertiary/aromatic N) is 2. The highest BCUT2D eigenvalue weighted by molar-refractivity contribution is 5.99. The van der Waals surface area contributed by atoms with Gasteiger partial charge in [0.15, 0.2) is 11.5 Å². The third kappa shape index (κ3) is 6.35. The van der Waals surface area contributed by atoms with Gasteiger partial charge in [0.2, 0.25) is 0 Å². The maximum absolute atomic E-state index is 12.6. The molecule has 162 valence electrons. The number of benzene rings is 2. The van der Waals surface area contributed by atoms with Crippen LogP contribution in [0.3, 0.4) is 0 Å². The van der Waals surface area contributed by atoms with E-state index in [1.807, 2.05) is 37.4 Å². The zero-order valence-corrected chi connectivity index (χ0v) is 17.4. The number of methoxy groups -OCH3 is 2. The van der Waals surface area contributed by atoms with Crippen LogP contribution in [-0.2, 0) is 4.74 Å². The van der Waals surface area contributed by atoms with E-state index in [1.165, 1.54) is 26.4 Å². The number of carbonyl (C=O) groups is 1. The predicted molar refractivity (Wildman–Crippen MR) is 114 cm³/mol. The molecule has 0 fully saturated rings. The monoisotopic (exact) mass is 417 g/mol. The molecule has 0 atom stereocenters. The Bertz CT molecular complexity index is 844. The van der Waals surface area contributed by atoms with Gasteiger partial charge in [-0.25, -0.2) is 0 Å². The minimum atomic E-state index is -0.610. The van der Waals surface area contributed by atoms with Crippen LogP contribution in [0, 0.1) is 10.1 Å². The van der Waals surface area contributed by atoms with Gasteiger partial charge in [0.05, 0.1) is 24.7 Å². The number of hydrogen-bond acceptors (Lipinski definition) is 7. The number of rotatable bonds is 12. The molecule has 1 N–H and O–H groups in total. The van der Waals surface area contributed by atoms with E-state index in [4.69, 9.17) is 14.2 Å². The molecule has 0 heterocycles. The van der Waals surface area contributed by atoms with E-state index < -0.39 is 10.8 Å². The summed E-state index contributed by atoms with van der Waals surface area (Å²) in [5.74, 6) is -0.112. The van der Waals surface area contributed by atoms with Gasteiger partial charge in [-0.05, 0) is 18.6 Å². The minimum absolute atomic E-state index is 0.0765. The smallest absolute Gasteiger partial charge is 0.286 e. The molecule has 9 nitrogen and oxygen atoms in total. The number of ether oxygens (including phenoxy) is 3. The van der Waals surface area contributed by atoms with E-state index in [2.05, 4.69) is 10.2 Å². The summed E-state index contributed by atoms with van der Waals surface area (Å²) in [4.78, 5) is 25.5. The first kappa shape index (κ1) is 23.0. The lowest BCUT2D eigenvalue weighted by molar-refractivity contribution is -0.385. The number of carbonyl (C=O) groups excluding carboxylic acids is 1. The van der Waals surface area contributed by atoms with Crippen LogP contribution in [-0.4, -0.2) is 58.4 Å². The van der Waals surface area contributed by atoms with Gasteiger partial charge >= 0.3 is 0 Å². The Balaban J connectivity index is 2.02. The second-order valence-electron chi connectivity index (χ2n) is 6.49. The normalized spacial score (nSPS) is 10.4. The molecule has 2 aromatic rings. The summed E-state index contributed by atoms with van der Waals surface area (Å²) in [5.41, 5.74) is 0.655. The van der Waals surface area contributed by atoms with Crippen LogP contribution in [0.4, 0.5) is 11.4 Å². The number of amides is 1. The Labute approximate surface area is 175 Å². The molecule has 0 aromatic heterocycles. The van der Waals surface area contributed by atoms with Crippen molar-refractivity contribution in [2.75, 3.05) is 52.5 Å². The molecule has 1 amide bonds. The van der Waals surface area contributed by atoms with Crippen molar-refractivity contribution in [1.82, 2.24) is 5.32 Å². The maximum atomic E-state index is 12.6. The summed E-state index contributed by atoms with van der Waals surface area (Å²) in [6.07, 6.45) is 0.681. The van der Waals surface area contributed by atoms with Crippen molar-refractivity contribution in [3.8, 4) is 11.5 Å². The number of hydrogen-bond donors (Lipinski definition) is 1. The highest BCUT2D eigenvalue weighted by Gasteiger charge is 2.24. The number of para-hydroxylation sites is 1. The van der Waals surface area contributed by atoms with Crippen LogP contribution in [0.25, 0.3) is 0 Å². The number of nitrogens with one attached hydrogen (secondary N) is 1. The summed E-state index contributed by atoms with van der Waals surface area (Å²) < 4.78 is 15.6. The van der Waals surface area contributed by atoms with Crippen LogP contribution in [0.2, 0.25) is 0 Å². The first-order valence-corrected chi connectivity index (χ1v) is 9.50. The summed E-state index contributed by atoms with van der Waals surface area (Å²) in [5, 5.41) is 14.2. The molecule has 0 saturated carbocycles. The van der Waals surface area contributed by atoms with Crippen molar-refractivity contribution < 1.29 is 23.9 Å². The maximum Gasteiger partial charge on any atom is 0.286 e. The van der Waals surface area contributed by atoms with Crippen LogP contribution in [0.15, 0.2) is 42.5 Å².